The van der Waals surface area contributed by atoms with E-state index in [1.54, 1.807) is 13.8 Å². The molecule has 2 unspecified atom stereocenters. The summed E-state index contributed by atoms with van der Waals surface area (Å²) in [6.45, 7) is 4.96. The molecule has 0 spiro atoms. The molecule has 0 aliphatic carbocycles. The molecule has 0 aromatic heterocycles. The number of carbonyl (C=O) groups excluding carboxylic acids is 1. The fourth-order valence-corrected chi connectivity index (χ4v) is 2.26. The smallest absolute Gasteiger partial charge is 0.391 e. The van der Waals surface area contributed by atoms with Crippen LogP contribution >= 0.6 is 0 Å². The Morgan fingerprint density at radius 2 is 1.95 bits per heavy atom. The van der Waals surface area contributed by atoms with E-state index in [-0.39, 0.29) is 19.0 Å². The maximum atomic E-state index is 12.5. The van der Waals surface area contributed by atoms with Gasteiger partial charge in [0.1, 0.15) is 0 Å². The summed E-state index contributed by atoms with van der Waals surface area (Å²) in [5.74, 6) is -1.38. The molecular weight excluding hydrogens is 289 g/mol. The Labute approximate surface area is 121 Å². The third-order valence-corrected chi connectivity index (χ3v) is 3.84. The second-order valence-corrected chi connectivity index (χ2v) is 6.16. The van der Waals surface area contributed by atoms with Crippen LogP contribution in [0.3, 0.4) is 0 Å². The van der Waals surface area contributed by atoms with E-state index in [2.05, 4.69) is 5.32 Å². The molecular formula is C13H21F3N2O3. The second-order valence-electron chi connectivity index (χ2n) is 6.16. The average molecular weight is 310 g/mol. The number of hydrogen-bond acceptors (Lipinski definition) is 2. The van der Waals surface area contributed by atoms with Crippen molar-refractivity contribution in [1.29, 1.82) is 0 Å². The Morgan fingerprint density at radius 3 is 2.33 bits per heavy atom. The van der Waals surface area contributed by atoms with E-state index >= 15 is 0 Å². The first kappa shape index (κ1) is 17.6. The highest BCUT2D eigenvalue weighted by molar-refractivity contribution is 5.79. The number of carboxylic acids is 1. The fourth-order valence-electron chi connectivity index (χ4n) is 2.26. The number of nitrogens with zero attached hydrogens (tertiary/aromatic N) is 1. The number of alkyl halides is 3. The predicted octanol–water partition coefficient (Wildman–Crippen LogP) is 2.47. The van der Waals surface area contributed by atoms with Crippen LogP contribution in [0.2, 0.25) is 0 Å². The van der Waals surface area contributed by atoms with E-state index in [1.165, 1.54) is 11.8 Å². The number of urea groups is 1. The molecule has 0 aromatic carbocycles. The lowest BCUT2D eigenvalue weighted by molar-refractivity contribution is -0.147. The minimum Gasteiger partial charge on any atom is -0.481 e. The van der Waals surface area contributed by atoms with Gasteiger partial charge in [0.15, 0.2) is 0 Å². The number of rotatable bonds is 4. The zero-order valence-electron chi connectivity index (χ0n) is 12.3. The highest BCUT2D eigenvalue weighted by Gasteiger charge is 2.43. The van der Waals surface area contributed by atoms with E-state index in [1.807, 2.05) is 0 Å². The highest BCUT2D eigenvalue weighted by atomic mass is 19.4. The Morgan fingerprint density at radius 1 is 1.38 bits per heavy atom. The van der Waals surface area contributed by atoms with Gasteiger partial charge in [-0.15, -0.1) is 0 Å². The zero-order valence-corrected chi connectivity index (χ0v) is 12.3. The molecule has 1 aliphatic heterocycles. The van der Waals surface area contributed by atoms with Crippen LogP contribution in [0.5, 0.6) is 0 Å². The Balaban J connectivity index is 2.65. The average Bonchev–Trinajstić information content (AvgIpc) is 2.70. The van der Waals surface area contributed by atoms with Crippen molar-refractivity contribution in [2.75, 3.05) is 13.1 Å². The maximum Gasteiger partial charge on any atom is 0.391 e. The van der Waals surface area contributed by atoms with Crippen molar-refractivity contribution in [1.82, 2.24) is 10.2 Å². The van der Waals surface area contributed by atoms with E-state index < -0.39 is 36.1 Å². The summed E-state index contributed by atoms with van der Waals surface area (Å²) in [6, 6.07) is -1.66. The number of halogens is 3. The minimum atomic E-state index is -4.36. The number of nitrogens with one attached hydrogen (secondary N) is 1. The lowest BCUT2D eigenvalue weighted by atomic mass is 9.90. The lowest BCUT2D eigenvalue weighted by Gasteiger charge is -2.27. The summed E-state index contributed by atoms with van der Waals surface area (Å²) < 4.78 is 37.4. The van der Waals surface area contributed by atoms with Crippen molar-refractivity contribution in [3.63, 3.8) is 0 Å². The molecule has 1 fully saturated rings. The molecule has 2 amide bonds. The van der Waals surface area contributed by atoms with Crippen LogP contribution in [0, 0.1) is 11.3 Å². The van der Waals surface area contributed by atoms with Crippen molar-refractivity contribution < 1.29 is 27.9 Å². The van der Waals surface area contributed by atoms with Crippen molar-refractivity contribution >= 4 is 12.0 Å². The highest BCUT2D eigenvalue weighted by Crippen LogP contribution is 2.30. The minimum absolute atomic E-state index is 0.00496. The van der Waals surface area contributed by atoms with Crippen molar-refractivity contribution in [2.24, 2.45) is 11.3 Å². The third kappa shape index (κ3) is 4.78. The number of amides is 2. The molecule has 0 aromatic rings. The Hall–Kier alpha value is -1.47. The number of carboxylic acid groups (broad SMARTS) is 1. The molecule has 1 rings (SSSR count). The van der Waals surface area contributed by atoms with Crippen LogP contribution in [0.4, 0.5) is 18.0 Å². The summed E-state index contributed by atoms with van der Waals surface area (Å²) in [4.78, 5) is 24.4. The van der Waals surface area contributed by atoms with Crippen molar-refractivity contribution in [2.45, 2.75) is 45.8 Å². The first-order valence-electron chi connectivity index (χ1n) is 6.80. The van der Waals surface area contributed by atoms with Gasteiger partial charge in [-0.05, 0) is 19.3 Å². The van der Waals surface area contributed by atoms with E-state index in [0.29, 0.717) is 6.42 Å². The molecule has 21 heavy (non-hydrogen) atoms. The van der Waals surface area contributed by atoms with Crippen molar-refractivity contribution in [3.8, 4) is 0 Å². The van der Waals surface area contributed by atoms with Gasteiger partial charge in [0.2, 0.25) is 0 Å². The van der Waals surface area contributed by atoms with Gasteiger partial charge in [0.05, 0.1) is 11.8 Å². The second kappa shape index (κ2) is 6.11. The summed E-state index contributed by atoms with van der Waals surface area (Å²) in [5, 5.41) is 11.5. The molecule has 8 heteroatoms. The molecule has 0 saturated carbocycles. The normalized spacial score (nSPS) is 24.2. The topological polar surface area (TPSA) is 69.6 Å². The molecule has 5 nitrogen and oxygen atoms in total. The Bertz CT molecular complexity index is 412. The summed E-state index contributed by atoms with van der Waals surface area (Å²) >= 11 is 0. The molecule has 122 valence electrons. The first-order chi connectivity index (χ1) is 9.44. The maximum absolute atomic E-state index is 12.5. The van der Waals surface area contributed by atoms with Gasteiger partial charge in [-0.2, -0.15) is 13.2 Å². The van der Waals surface area contributed by atoms with Gasteiger partial charge < -0.3 is 15.3 Å². The molecule has 0 bridgehead atoms. The van der Waals surface area contributed by atoms with Crippen LogP contribution < -0.4 is 5.32 Å². The third-order valence-electron chi connectivity index (χ3n) is 3.84. The standard InChI is InChI=1S/C13H21F3N2O3/c1-8(2)9(6-13(14,15)16)17-11(21)18-5-4-12(3,7-18)10(19)20/h8-9H,4-7H2,1-3H3,(H,17,21)(H,19,20). The van der Waals surface area contributed by atoms with Gasteiger partial charge in [-0.1, -0.05) is 13.8 Å². The number of aliphatic carboxylic acids is 1. The summed E-state index contributed by atoms with van der Waals surface area (Å²) in [6.07, 6.45) is -5.16. The van der Waals surface area contributed by atoms with Gasteiger partial charge in [-0.25, -0.2) is 4.79 Å². The fraction of sp³-hybridized carbons (Fsp3) is 0.846. The van der Waals surface area contributed by atoms with E-state index in [4.69, 9.17) is 5.11 Å². The largest absolute Gasteiger partial charge is 0.481 e. The van der Waals surface area contributed by atoms with Gasteiger partial charge in [0, 0.05) is 19.1 Å². The molecule has 0 radical (unpaired) electrons. The molecule has 1 aliphatic rings. The SMILES string of the molecule is CC(C)C(CC(F)(F)F)NC(=O)N1CCC(C)(C(=O)O)C1. The molecule has 2 N–H and O–H groups in total. The first-order valence-corrected chi connectivity index (χ1v) is 6.80. The predicted molar refractivity (Wildman–Crippen MR) is 69.8 cm³/mol. The van der Waals surface area contributed by atoms with E-state index in [0.717, 1.165) is 0 Å². The molecule has 2 atom stereocenters. The molecule has 1 heterocycles. The van der Waals surface area contributed by atoms with Crippen LogP contribution in [0.1, 0.15) is 33.6 Å². The number of hydrogen-bond donors (Lipinski definition) is 2. The van der Waals surface area contributed by atoms with Crippen LogP contribution in [-0.4, -0.2) is 47.3 Å². The zero-order chi connectivity index (χ0) is 16.4. The lowest BCUT2D eigenvalue weighted by Crippen LogP contribution is -2.48. The monoisotopic (exact) mass is 310 g/mol. The van der Waals surface area contributed by atoms with Crippen molar-refractivity contribution in [3.05, 3.63) is 0 Å². The number of likely N-dealkylation sites (tertiary alicyclic amines) is 1. The quantitative estimate of drug-likeness (QED) is 0.838. The summed E-state index contributed by atoms with van der Waals surface area (Å²) in [5.41, 5.74) is -1.03. The Kier molecular flexibility index (Phi) is 5.11. The van der Waals surface area contributed by atoms with Crippen LogP contribution in [-0.2, 0) is 4.79 Å². The van der Waals surface area contributed by atoms with Crippen LogP contribution in [0.25, 0.3) is 0 Å². The van der Waals surface area contributed by atoms with Gasteiger partial charge in [-0.3, -0.25) is 4.79 Å². The number of carbonyl (C=O) groups is 2. The summed E-state index contributed by atoms with van der Waals surface area (Å²) in [7, 11) is 0. The van der Waals surface area contributed by atoms with E-state index in [9.17, 15) is 22.8 Å². The molecule has 1 saturated heterocycles. The van der Waals surface area contributed by atoms with Gasteiger partial charge in [0.25, 0.3) is 0 Å². The van der Waals surface area contributed by atoms with Gasteiger partial charge >= 0.3 is 18.2 Å². The van der Waals surface area contributed by atoms with Crippen LogP contribution in [0.15, 0.2) is 0 Å².